The van der Waals surface area contributed by atoms with E-state index in [0.29, 0.717) is 25.0 Å². The van der Waals surface area contributed by atoms with Crippen molar-refractivity contribution in [2.45, 2.75) is 66.1 Å². The Morgan fingerprint density at radius 3 is 1.95 bits per heavy atom. The van der Waals surface area contributed by atoms with Crippen LogP contribution in [0, 0.1) is 5.92 Å². The second-order valence-corrected chi connectivity index (χ2v) is 6.35. The maximum atomic E-state index is 11.8. The largest absolute Gasteiger partial charge is 0.480 e. The molecule has 1 atom stereocenters. The van der Waals surface area contributed by atoms with Crippen LogP contribution in [0.25, 0.3) is 0 Å². The van der Waals surface area contributed by atoms with Crippen molar-refractivity contribution in [3.8, 4) is 0 Å². The first-order chi connectivity index (χ1) is 9.65. The molecule has 2 amide bonds. The van der Waals surface area contributed by atoms with Gasteiger partial charge in [-0.25, -0.2) is 9.59 Å². The maximum Gasteiger partial charge on any atom is 0.326 e. The average Bonchev–Trinajstić information content (AvgIpc) is 2.32. The van der Waals surface area contributed by atoms with E-state index in [4.69, 9.17) is 5.11 Å². The van der Waals surface area contributed by atoms with Gasteiger partial charge in [0.2, 0.25) is 0 Å². The Morgan fingerprint density at radius 1 is 1.05 bits per heavy atom. The number of urea groups is 1. The lowest BCUT2D eigenvalue weighted by molar-refractivity contribution is -0.139. The van der Waals surface area contributed by atoms with Crippen molar-refractivity contribution >= 4 is 12.0 Å². The van der Waals surface area contributed by atoms with E-state index in [-0.39, 0.29) is 5.92 Å². The summed E-state index contributed by atoms with van der Waals surface area (Å²) in [6.07, 6.45) is 0.423. The molecule has 0 aromatic rings. The molecule has 0 heterocycles. The van der Waals surface area contributed by atoms with E-state index in [1.54, 1.807) is 0 Å². The minimum atomic E-state index is -0.996. The Labute approximate surface area is 128 Å². The Morgan fingerprint density at radius 2 is 1.57 bits per heavy atom. The summed E-state index contributed by atoms with van der Waals surface area (Å²) in [7, 11) is 0. The Bertz CT molecular complexity index is 322. The number of hydrogen-bond donors (Lipinski definition) is 3. The van der Waals surface area contributed by atoms with E-state index in [0.717, 1.165) is 6.54 Å². The van der Waals surface area contributed by atoms with Gasteiger partial charge in [-0.1, -0.05) is 13.8 Å². The van der Waals surface area contributed by atoms with Crippen LogP contribution in [0.4, 0.5) is 4.79 Å². The van der Waals surface area contributed by atoms with Gasteiger partial charge in [-0.3, -0.25) is 4.90 Å². The van der Waals surface area contributed by atoms with Gasteiger partial charge in [0.05, 0.1) is 0 Å². The molecule has 6 nitrogen and oxygen atoms in total. The highest BCUT2D eigenvalue weighted by atomic mass is 16.4. The summed E-state index contributed by atoms with van der Waals surface area (Å²) in [6, 6.07) is -0.447. The van der Waals surface area contributed by atoms with E-state index in [9.17, 15) is 9.59 Å². The number of carboxylic acids is 1. The molecule has 6 heteroatoms. The molecular weight excluding hydrogens is 270 g/mol. The van der Waals surface area contributed by atoms with Gasteiger partial charge in [-0.2, -0.15) is 0 Å². The lowest BCUT2D eigenvalue weighted by Gasteiger charge is -2.30. The smallest absolute Gasteiger partial charge is 0.326 e. The van der Waals surface area contributed by atoms with Gasteiger partial charge < -0.3 is 15.7 Å². The third-order valence-electron chi connectivity index (χ3n) is 3.29. The summed E-state index contributed by atoms with van der Waals surface area (Å²) in [5.41, 5.74) is 0. The fraction of sp³-hybridized carbons (Fsp3) is 0.867. The second-order valence-electron chi connectivity index (χ2n) is 6.35. The minimum absolute atomic E-state index is 0.212. The van der Waals surface area contributed by atoms with Crippen LogP contribution in [-0.4, -0.2) is 53.2 Å². The van der Waals surface area contributed by atoms with Crippen LogP contribution in [-0.2, 0) is 4.79 Å². The van der Waals surface area contributed by atoms with Crippen LogP contribution in [0.1, 0.15) is 48.0 Å². The first kappa shape index (κ1) is 19.7. The van der Waals surface area contributed by atoms with Gasteiger partial charge >= 0.3 is 12.0 Å². The highest BCUT2D eigenvalue weighted by molar-refractivity contribution is 5.82. The number of carboxylic acid groups (broad SMARTS) is 1. The van der Waals surface area contributed by atoms with Crippen LogP contribution in [0.5, 0.6) is 0 Å². The summed E-state index contributed by atoms with van der Waals surface area (Å²) < 4.78 is 0. The molecule has 0 spiro atoms. The molecule has 0 aliphatic rings. The highest BCUT2D eigenvalue weighted by Crippen LogP contribution is 2.05. The number of nitrogens with one attached hydrogen (secondary N) is 2. The molecule has 0 rings (SSSR count). The number of nitrogens with zero attached hydrogens (tertiary/aromatic N) is 1. The molecule has 0 radical (unpaired) electrons. The quantitative estimate of drug-likeness (QED) is 0.607. The summed E-state index contributed by atoms with van der Waals surface area (Å²) in [4.78, 5) is 25.1. The van der Waals surface area contributed by atoms with Gasteiger partial charge in [-0.15, -0.1) is 0 Å². The van der Waals surface area contributed by atoms with E-state index < -0.39 is 18.0 Å². The van der Waals surface area contributed by atoms with Gasteiger partial charge in [0.1, 0.15) is 6.04 Å². The fourth-order valence-corrected chi connectivity index (χ4v) is 2.31. The molecule has 0 saturated carbocycles. The van der Waals surface area contributed by atoms with Crippen LogP contribution < -0.4 is 10.6 Å². The summed E-state index contributed by atoms with van der Waals surface area (Å²) in [5.74, 6) is -0.784. The molecule has 0 aromatic heterocycles. The van der Waals surface area contributed by atoms with Gasteiger partial charge in [0.15, 0.2) is 0 Å². The van der Waals surface area contributed by atoms with Crippen molar-refractivity contribution in [2.24, 2.45) is 5.92 Å². The Balaban J connectivity index is 4.22. The van der Waals surface area contributed by atoms with Crippen molar-refractivity contribution in [2.75, 3.05) is 13.1 Å². The molecule has 21 heavy (non-hydrogen) atoms. The molecule has 1 unspecified atom stereocenters. The maximum absolute atomic E-state index is 11.8. The first-order valence-corrected chi connectivity index (χ1v) is 7.68. The predicted octanol–water partition coefficient (Wildman–Crippen LogP) is 1.90. The molecule has 0 saturated heterocycles. The third kappa shape index (κ3) is 8.55. The van der Waals surface area contributed by atoms with E-state index in [1.807, 2.05) is 13.8 Å². The minimum Gasteiger partial charge on any atom is -0.480 e. The van der Waals surface area contributed by atoms with Crippen molar-refractivity contribution in [3.63, 3.8) is 0 Å². The predicted molar refractivity (Wildman–Crippen MR) is 84.4 cm³/mol. The molecule has 0 fully saturated rings. The van der Waals surface area contributed by atoms with Crippen molar-refractivity contribution in [3.05, 3.63) is 0 Å². The molecule has 0 aromatic carbocycles. The highest BCUT2D eigenvalue weighted by Gasteiger charge is 2.21. The summed E-state index contributed by atoms with van der Waals surface area (Å²) in [6.45, 7) is 13.6. The van der Waals surface area contributed by atoms with Gasteiger partial charge in [0.25, 0.3) is 0 Å². The Hall–Kier alpha value is -1.30. The summed E-state index contributed by atoms with van der Waals surface area (Å²) in [5, 5.41) is 14.3. The van der Waals surface area contributed by atoms with E-state index >= 15 is 0 Å². The van der Waals surface area contributed by atoms with E-state index in [2.05, 4.69) is 43.2 Å². The third-order valence-corrected chi connectivity index (χ3v) is 3.29. The fourth-order valence-electron chi connectivity index (χ4n) is 2.31. The number of hydrogen-bond acceptors (Lipinski definition) is 3. The van der Waals surface area contributed by atoms with E-state index in [1.165, 1.54) is 0 Å². The molecule has 124 valence electrons. The normalized spacial score (nSPS) is 13.0. The number of rotatable bonds is 9. The average molecular weight is 301 g/mol. The van der Waals surface area contributed by atoms with Gasteiger partial charge in [0, 0.05) is 25.2 Å². The zero-order valence-corrected chi connectivity index (χ0v) is 14.1. The van der Waals surface area contributed by atoms with Crippen LogP contribution in [0.3, 0.4) is 0 Å². The molecule has 3 N–H and O–H groups in total. The molecule has 0 aliphatic carbocycles. The second kappa shape index (κ2) is 9.60. The zero-order valence-electron chi connectivity index (χ0n) is 14.1. The molecule has 0 aliphatic heterocycles. The number of aliphatic carboxylic acids is 1. The van der Waals surface area contributed by atoms with Crippen LogP contribution >= 0.6 is 0 Å². The monoisotopic (exact) mass is 301 g/mol. The number of carbonyl (C=O) groups is 2. The summed E-state index contributed by atoms with van der Waals surface area (Å²) >= 11 is 0. The standard InChI is InChI=1S/C15H31N3O3/c1-10(2)9-13(14(19)20)17-15(21)16-7-8-18(11(3)4)12(5)6/h10-13H,7-9H2,1-6H3,(H,19,20)(H2,16,17,21). The lowest BCUT2D eigenvalue weighted by Crippen LogP contribution is -2.49. The number of amides is 2. The zero-order chi connectivity index (χ0) is 16.6. The SMILES string of the molecule is CC(C)CC(NC(=O)NCCN(C(C)C)C(C)C)C(=O)O. The van der Waals surface area contributed by atoms with Crippen molar-refractivity contribution in [1.82, 2.24) is 15.5 Å². The lowest BCUT2D eigenvalue weighted by atomic mass is 10.0. The van der Waals surface area contributed by atoms with Gasteiger partial charge in [-0.05, 0) is 40.0 Å². The van der Waals surface area contributed by atoms with Crippen LogP contribution in [0.15, 0.2) is 0 Å². The van der Waals surface area contributed by atoms with Crippen LogP contribution in [0.2, 0.25) is 0 Å². The first-order valence-electron chi connectivity index (χ1n) is 7.68. The number of carbonyl (C=O) groups excluding carboxylic acids is 1. The molecular formula is C15H31N3O3. The van der Waals surface area contributed by atoms with Crippen molar-refractivity contribution < 1.29 is 14.7 Å². The van der Waals surface area contributed by atoms with Crippen molar-refractivity contribution in [1.29, 1.82) is 0 Å². The topological polar surface area (TPSA) is 81.7 Å². The molecule has 0 bridgehead atoms. The Kier molecular flexibility index (Phi) is 9.01.